The molecule has 14 heavy (non-hydrogen) atoms. The van der Waals surface area contributed by atoms with Crippen molar-refractivity contribution in [3.05, 3.63) is 39.6 Å². The third kappa shape index (κ3) is 3.19. The summed E-state index contributed by atoms with van der Waals surface area (Å²) in [5, 5.41) is 0.0889. The van der Waals surface area contributed by atoms with Crippen molar-refractivity contribution in [1.82, 2.24) is 0 Å². The Morgan fingerprint density at radius 3 is 2.36 bits per heavy atom. The number of allylic oxidation sites excluding steroid dienone is 1. The van der Waals surface area contributed by atoms with E-state index in [1.54, 1.807) is 0 Å². The number of halogens is 3. The molecule has 0 bridgehead atoms. The van der Waals surface area contributed by atoms with Crippen molar-refractivity contribution in [3.63, 3.8) is 0 Å². The van der Waals surface area contributed by atoms with E-state index in [9.17, 15) is 4.39 Å². The molecule has 0 aliphatic carbocycles. The summed E-state index contributed by atoms with van der Waals surface area (Å²) in [5.74, 6) is 0.207. The zero-order chi connectivity index (χ0) is 10.6. The van der Waals surface area contributed by atoms with Gasteiger partial charge in [-0.3, -0.25) is 0 Å². The maximum atomic E-state index is 13.0. The van der Waals surface area contributed by atoms with Gasteiger partial charge in [0.2, 0.25) is 0 Å². The van der Waals surface area contributed by atoms with Gasteiger partial charge >= 0.3 is 0 Å². The van der Waals surface area contributed by atoms with Crippen molar-refractivity contribution in [2.45, 2.75) is 6.42 Å². The summed E-state index contributed by atoms with van der Waals surface area (Å²) in [6, 6.07) is 3.08. The highest BCUT2D eigenvalue weighted by molar-refractivity contribution is 7.80. The molecule has 1 rings (SSSR count). The SMILES string of the molecule is Fc1c(Cl)cc(C=CCCS)cc1Cl. The van der Waals surface area contributed by atoms with Crippen LogP contribution in [0.15, 0.2) is 18.2 Å². The maximum absolute atomic E-state index is 13.0. The predicted octanol–water partition coefficient (Wildman–Crippen LogP) is 4.47. The summed E-state index contributed by atoms with van der Waals surface area (Å²) in [4.78, 5) is 0. The fraction of sp³-hybridized carbons (Fsp3) is 0.200. The van der Waals surface area contributed by atoms with Crippen LogP contribution in [-0.4, -0.2) is 5.75 Å². The van der Waals surface area contributed by atoms with Gasteiger partial charge in [-0.1, -0.05) is 35.4 Å². The molecule has 0 unspecified atom stereocenters. The van der Waals surface area contributed by atoms with Gasteiger partial charge < -0.3 is 0 Å². The van der Waals surface area contributed by atoms with Crippen molar-refractivity contribution in [1.29, 1.82) is 0 Å². The highest BCUT2D eigenvalue weighted by atomic mass is 35.5. The monoisotopic (exact) mass is 250 g/mol. The van der Waals surface area contributed by atoms with Crippen LogP contribution in [0.1, 0.15) is 12.0 Å². The molecular formula is C10H9Cl2FS. The van der Waals surface area contributed by atoms with Crippen LogP contribution in [0.2, 0.25) is 10.0 Å². The van der Waals surface area contributed by atoms with Gasteiger partial charge in [0, 0.05) is 0 Å². The van der Waals surface area contributed by atoms with E-state index in [4.69, 9.17) is 23.2 Å². The lowest BCUT2D eigenvalue weighted by Gasteiger charge is -1.99. The summed E-state index contributed by atoms with van der Waals surface area (Å²) in [6.45, 7) is 0. The highest BCUT2D eigenvalue weighted by Gasteiger charge is 2.05. The van der Waals surface area contributed by atoms with E-state index >= 15 is 0 Å². The van der Waals surface area contributed by atoms with Crippen LogP contribution in [0.5, 0.6) is 0 Å². The lowest BCUT2D eigenvalue weighted by atomic mass is 10.2. The molecule has 0 aromatic heterocycles. The van der Waals surface area contributed by atoms with E-state index in [1.807, 2.05) is 12.2 Å². The number of rotatable bonds is 3. The molecule has 0 nitrogen and oxygen atoms in total. The summed E-state index contributed by atoms with van der Waals surface area (Å²) < 4.78 is 13.0. The molecule has 0 amide bonds. The molecule has 1 aromatic carbocycles. The first-order valence-corrected chi connectivity index (χ1v) is 5.46. The molecule has 76 valence electrons. The Morgan fingerprint density at radius 2 is 1.86 bits per heavy atom. The van der Waals surface area contributed by atoms with Gasteiger partial charge in [-0.05, 0) is 29.9 Å². The maximum Gasteiger partial charge on any atom is 0.160 e. The van der Waals surface area contributed by atoms with Crippen LogP contribution in [0.25, 0.3) is 6.08 Å². The lowest BCUT2D eigenvalue weighted by Crippen LogP contribution is -1.81. The standard InChI is InChI=1S/C10H9Cl2FS/c11-8-5-7(3-1-2-4-14)6-9(12)10(8)13/h1,3,5-6,14H,2,4H2. The van der Waals surface area contributed by atoms with Gasteiger partial charge in [0.15, 0.2) is 5.82 Å². The number of benzene rings is 1. The first-order valence-electron chi connectivity index (χ1n) is 4.07. The fourth-order valence-corrected chi connectivity index (χ4v) is 1.62. The molecule has 1 aromatic rings. The van der Waals surface area contributed by atoms with Gasteiger partial charge in [-0.25, -0.2) is 4.39 Å². The van der Waals surface area contributed by atoms with E-state index < -0.39 is 5.82 Å². The molecule has 0 N–H and O–H groups in total. The van der Waals surface area contributed by atoms with E-state index in [0.717, 1.165) is 17.7 Å². The molecule has 0 heterocycles. The molecule has 0 aliphatic heterocycles. The van der Waals surface area contributed by atoms with Crippen LogP contribution < -0.4 is 0 Å². The van der Waals surface area contributed by atoms with Crippen molar-refractivity contribution in [3.8, 4) is 0 Å². The van der Waals surface area contributed by atoms with Crippen molar-refractivity contribution in [2.75, 3.05) is 5.75 Å². The highest BCUT2D eigenvalue weighted by Crippen LogP contribution is 2.25. The minimum Gasteiger partial charge on any atom is -0.204 e. The molecule has 0 atom stereocenters. The Labute approximate surface area is 98.1 Å². The molecule has 0 spiro atoms. The molecule has 0 fully saturated rings. The minimum absolute atomic E-state index is 0.0445. The van der Waals surface area contributed by atoms with Crippen molar-refractivity contribution in [2.24, 2.45) is 0 Å². The zero-order valence-corrected chi connectivity index (χ0v) is 9.71. The van der Waals surface area contributed by atoms with Gasteiger partial charge in [-0.15, -0.1) is 0 Å². The number of thiol groups is 1. The Morgan fingerprint density at radius 1 is 1.29 bits per heavy atom. The van der Waals surface area contributed by atoms with Crippen molar-refractivity contribution >= 4 is 41.9 Å². The number of hydrogen-bond acceptors (Lipinski definition) is 1. The second-order valence-corrected chi connectivity index (χ2v) is 3.97. The van der Waals surface area contributed by atoms with Crippen LogP contribution in [0.3, 0.4) is 0 Å². The molecule has 0 saturated heterocycles. The van der Waals surface area contributed by atoms with Gasteiger partial charge in [0.25, 0.3) is 0 Å². The average Bonchev–Trinajstić information content (AvgIpc) is 2.14. The molecule has 0 radical (unpaired) electrons. The summed E-state index contributed by atoms with van der Waals surface area (Å²) >= 11 is 15.3. The Hall–Kier alpha value is -0.180. The van der Waals surface area contributed by atoms with Gasteiger partial charge in [0.05, 0.1) is 10.0 Å². The van der Waals surface area contributed by atoms with Crippen LogP contribution in [0.4, 0.5) is 4.39 Å². The third-order valence-corrected chi connectivity index (χ3v) is 2.42. The average molecular weight is 251 g/mol. The fourth-order valence-electron chi connectivity index (χ4n) is 0.965. The van der Waals surface area contributed by atoms with E-state index in [0.29, 0.717) is 0 Å². The topological polar surface area (TPSA) is 0 Å². The second-order valence-electron chi connectivity index (χ2n) is 2.71. The number of hydrogen-bond donors (Lipinski definition) is 1. The minimum atomic E-state index is -0.570. The van der Waals surface area contributed by atoms with Crippen LogP contribution >= 0.6 is 35.8 Å². The predicted molar refractivity (Wildman–Crippen MR) is 63.9 cm³/mol. The largest absolute Gasteiger partial charge is 0.204 e. The molecule has 4 heteroatoms. The first-order chi connectivity index (χ1) is 6.65. The third-order valence-electron chi connectivity index (χ3n) is 1.61. The molecule has 0 aliphatic rings. The van der Waals surface area contributed by atoms with Crippen LogP contribution in [-0.2, 0) is 0 Å². The summed E-state index contributed by atoms with van der Waals surface area (Å²) in [7, 11) is 0. The van der Waals surface area contributed by atoms with E-state index in [-0.39, 0.29) is 10.0 Å². The van der Waals surface area contributed by atoms with Crippen LogP contribution in [0, 0.1) is 5.82 Å². The smallest absolute Gasteiger partial charge is 0.160 e. The van der Waals surface area contributed by atoms with Crippen molar-refractivity contribution < 1.29 is 4.39 Å². The normalized spacial score (nSPS) is 11.1. The quantitative estimate of drug-likeness (QED) is 0.594. The summed E-state index contributed by atoms with van der Waals surface area (Å²) in [6.07, 6.45) is 4.63. The molecular weight excluding hydrogens is 242 g/mol. The van der Waals surface area contributed by atoms with Gasteiger partial charge in [0.1, 0.15) is 0 Å². The molecule has 0 saturated carbocycles. The van der Waals surface area contributed by atoms with Gasteiger partial charge in [-0.2, -0.15) is 12.6 Å². The zero-order valence-electron chi connectivity index (χ0n) is 7.30. The van der Waals surface area contributed by atoms with E-state index in [1.165, 1.54) is 12.1 Å². The Balaban J connectivity index is 2.89. The van der Waals surface area contributed by atoms with E-state index in [2.05, 4.69) is 12.6 Å². The second kappa shape index (κ2) is 5.64. The summed E-state index contributed by atoms with van der Waals surface area (Å²) in [5.41, 5.74) is 0.795. The Kier molecular flexibility index (Phi) is 4.79. The first kappa shape index (κ1) is 11.9. The lowest BCUT2D eigenvalue weighted by molar-refractivity contribution is 0.628. The Bertz CT molecular complexity index is 327.